The Hall–Kier alpha value is -1.88. The van der Waals surface area contributed by atoms with Crippen molar-refractivity contribution in [3.05, 3.63) is 35.9 Å². The van der Waals surface area contributed by atoms with Crippen LogP contribution in [0.5, 0.6) is 0 Å². The lowest BCUT2D eigenvalue weighted by atomic mass is 10.2. The maximum Gasteiger partial charge on any atom is 0.416 e. The van der Waals surface area contributed by atoms with Crippen LogP contribution >= 0.6 is 12.1 Å². The maximum atomic E-state index is 11.8. The Morgan fingerprint density at radius 2 is 1.47 bits per heavy atom. The first kappa shape index (κ1) is 15.1. The average Bonchev–Trinajstić information content (AvgIpc) is 2.31. The van der Waals surface area contributed by atoms with Crippen LogP contribution in [0.4, 0.5) is 13.2 Å². The van der Waals surface area contributed by atoms with E-state index in [0.717, 1.165) is 12.1 Å². The molecule has 0 aromatic heterocycles. The predicted molar refractivity (Wildman–Crippen MR) is 55.3 cm³/mol. The van der Waals surface area contributed by atoms with Gasteiger partial charge in [0.2, 0.25) is 12.2 Å². The van der Waals surface area contributed by atoms with Gasteiger partial charge in [0, 0.05) is 0 Å². The minimum Gasteiger partial charge on any atom is -0.210 e. The molecule has 4 nitrogen and oxygen atoms in total. The third-order valence-corrected chi connectivity index (χ3v) is 1.57. The molecule has 0 heterocycles. The van der Waals surface area contributed by atoms with Crippen LogP contribution in [0.2, 0.25) is 0 Å². The lowest BCUT2D eigenvalue weighted by molar-refractivity contribution is -0.137. The van der Waals surface area contributed by atoms with E-state index < -0.39 is 11.7 Å². The fraction of sp³-hybridized carbons (Fsp3) is 0.111. The highest BCUT2D eigenvalue weighted by molar-refractivity contribution is 7.96. The summed E-state index contributed by atoms with van der Waals surface area (Å²) < 4.78 is 41.1. The van der Waals surface area contributed by atoms with E-state index in [1.54, 1.807) is 6.07 Å². The molecule has 0 amide bonds. The van der Waals surface area contributed by atoms with Crippen molar-refractivity contribution in [2.24, 2.45) is 8.80 Å². The van der Waals surface area contributed by atoms with Gasteiger partial charge in [-0.05, 0) is 0 Å². The van der Waals surface area contributed by atoms with E-state index in [2.05, 4.69) is 8.80 Å². The molecular formula is C9H5F3N2O2S. The van der Waals surface area contributed by atoms with Crippen molar-refractivity contribution in [3.8, 4) is 0 Å². The van der Waals surface area contributed by atoms with Crippen LogP contribution in [-0.2, 0) is 15.8 Å². The molecule has 0 atom stereocenters. The summed E-state index contributed by atoms with van der Waals surface area (Å²) in [6, 6.07) is 6.36. The van der Waals surface area contributed by atoms with Crippen molar-refractivity contribution in [2.45, 2.75) is 6.18 Å². The van der Waals surface area contributed by atoms with E-state index in [0.29, 0.717) is 12.1 Å². The minimum atomic E-state index is -4.21. The smallest absolute Gasteiger partial charge is 0.210 e. The molecule has 17 heavy (non-hydrogen) atoms. The van der Waals surface area contributed by atoms with Crippen LogP contribution in [0.15, 0.2) is 39.1 Å². The van der Waals surface area contributed by atoms with E-state index in [9.17, 15) is 22.8 Å². The van der Waals surface area contributed by atoms with Gasteiger partial charge in [-0.1, -0.05) is 30.3 Å². The summed E-state index contributed by atoms with van der Waals surface area (Å²) in [6.07, 6.45) is -1.87. The topological polar surface area (TPSA) is 58.9 Å². The third kappa shape index (κ3) is 7.98. The molecule has 0 unspecified atom stereocenters. The molecule has 0 radical (unpaired) electrons. The number of nitrogens with zero attached hydrogens (tertiary/aromatic N) is 2. The highest BCUT2D eigenvalue weighted by Crippen LogP contribution is 2.28. The molecule has 90 valence electrons. The van der Waals surface area contributed by atoms with Gasteiger partial charge in [0.05, 0.1) is 5.56 Å². The lowest BCUT2D eigenvalue weighted by Gasteiger charge is -2.03. The highest BCUT2D eigenvalue weighted by Gasteiger charge is 2.29. The van der Waals surface area contributed by atoms with Gasteiger partial charge in [-0.15, -0.1) is 8.80 Å². The predicted octanol–water partition coefficient (Wildman–Crippen LogP) is 2.93. The molecule has 1 rings (SSSR count). The second-order valence-electron chi connectivity index (χ2n) is 2.31. The summed E-state index contributed by atoms with van der Waals surface area (Å²) in [7, 11) is 0. The normalized spacial score (nSPS) is 9.12. The number of carbonyl (C=O) groups excluding carboxylic acids is 2. The zero-order valence-electron chi connectivity index (χ0n) is 8.14. The number of benzene rings is 1. The molecule has 0 saturated heterocycles. The lowest BCUT2D eigenvalue weighted by Crippen LogP contribution is -2.03. The largest absolute Gasteiger partial charge is 0.416 e. The second kappa shape index (κ2) is 8.29. The third-order valence-electron chi connectivity index (χ3n) is 1.26. The van der Waals surface area contributed by atoms with Crippen LogP contribution in [0.25, 0.3) is 0 Å². The SMILES string of the molecule is FC(F)(F)c1ccccc1.O=C=NSN=C=O. The van der Waals surface area contributed by atoms with Crippen molar-refractivity contribution >= 4 is 24.3 Å². The molecule has 0 aliphatic heterocycles. The first-order valence-electron chi connectivity index (χ1n) is 3.95. The van der Waals surface area contributed by atoms with Gasteiger partial charge >= 0.3 is 6.18 Å². The Kier molecular flexibility index (Phi) is 7.38. The van der Waals surface area contributed by atoms with E-state index in [4.69, 9.17) is 0 Å². The van der Waals surface area contributed by atoms with E-state index in [1.165, 1.54) is 24.3 Å². The van der Waals surface area contributed by atoms with Crippen LogP contribution in [0.1, 0.15) is 5.56 Å². The number of hydrogen-bond donors (Lipinski definition) is 0. The van der Waals surface area contributed by atoms with E-state index >= 15 is 0 Å². The van der Waals surface area contributed by atoms with Gasteiger partial charge in [0.15, 0.2) is 0 Å². The van der Waals surface area contributed by atoms with Gasteiger partial charge in [-0.3, -0.25) is 0 Å². The van der Waals surface area contributed by atoms with Gasteiger partial charge in [0.25, 0.3) is 0 Å². The van der Waals surface area contributed by atoms with E-state index in [-0.39, 0.29) is 0 Å². The fourth-order valence-corrected chi connectivity index (χ4v) is 0.788. The molecule has 0 fully saturated rings. The summed E-state index contributed by atoms with van der Waals surface area (Å²) in [5.41, 5.74) is -0.602. The van der Waals surface area contributed by atoms with Crippen molar-refractivity contribution < 1.29 is 22.8 Å². The zero-order valence-corrected chi connectivity index (χ0v) is 8.96. The van der Waals surface area contributed by atoms with Gasteiger partial charge in [-0.2, -0.15) is 13.2 Å². The summed E-state index contributed by atoms with van der Waals surface area (Å²) in [4.78, 5) is 18.4. The zero-order chi connectivity index (χ0) is 13.1. The van der Waals surface area contributed by atoms with Crippen molar-refractivity contribution in [1.82, 2.24) is 0 Å². The van der Waals surface area contributed by atoms with Crippen LogP contribution in [-0.4, -0.2) is 12.2 Å². The van der Waals surface area contributed by atoms with Gasteiger partial charge in [0.1, 0.15) is 12.1 Å². The molecule has 0 saturated carbocycles. The summed E-state index contributed by atoms with van der Waals surface area (Å²) in [5, 5.41) is 0. The Morgan fingerprint density at radius 3 is 1.76 bits per heavy atom. The quantitative estimate of drug-likeness (QED) is 0.467. The number of alkyl halides is 3. The van der Waals surface area contributed by atoms with Crippen molar-refractivity contribution in [1.29, 1.82) is 0 Å². The Labute approximate surface area is 98.5 Å². The number of isocyanates is 2. The van der Waals surface area contributed by atoms with Gasteiger partial charge < -0.3 is 0 Å². The van der Waals surface area contributed by atoms with Crippen molar-refractivity contribution in [2.75, 3.05) is 0 Å². The van der Waals surface area contributed by atoms with Crippen LogP contribution in [0.3, 0.4) is 0 Å². The minimum absolute atomic E-state index is 0.456. The summed E-state index contributed by atoms with van der Waals surface area (Å²) in [6.45, 7) is 0. The fourth-order valence-electron chi connectivity index (χ4n) is 0.681. The molecule has 1 aromatic carbocycles. The maximum absolute atomic E-state index is 11.8. The van der Waals surface area contributed by atoms with Crippen LogP contribution < -0.4 is 0 Å². The molecule has 0 aliphatic rings. The number of hydrogen-bond acceptors (Lipinski definition) is 5. The Balaban J connectivity index is 0.000000325. The van der Waals surface area contributed by atoms with Crippen molar-refractivity contribution in [3.63, 3.8) is 0 Å². The Morgan fingerprint density at radius 1 is 1.00 bits per heavy atom. The standard InChI is InChI=1S/C7H5F3.C2N2O2S/c8-7(9,10)6-4-2-1-3-5-6;5-1-3-7-4-2-6/h1-5H;. The van der Waals surface area contributed by atoms with Crippen LogP contribution in [0, 0.1) is 0 Å². The monoisotopic (exact) mass is 262 g/mol. The molecular weight excluding hydrogens is 257 g/mol. The Bertz CT molecular complexity index is 408. The molecule has 0 N–H and O–H groups in total. The molecule has 0 bridgehead atoms. The molecule has 0 spiro atoms. The molecule has 8 heteroatoms. The summed E-state index contributed by atoms with van der Waals surface area (Å²) >= 11 is 0.456. The molecule has 0 aliphatic carbocycles. The molecule has 1 aromatic rings. The highest BCUT2D eigenvalue weighted by atomic mass is 32.2. The number of rotatable bonds is 2. The van der Waals surface area contributed by atoms with Gasteiger partial charge in [-0.25, -0.2) is 9.59 Å². The first-order valence-corrected chi connectivity index (χ1v) is 4.68. The second-order valence-corrected chi connectivity index (χ2v) is 2.84. The number of halogens is 3. The van der Waals surface area contributed by atoms with E-state index in [1.807, 2.05) is 0 Å². The average molecular weight is 262 g/mol. The summed E-state index contributed by atoms with van der Waals surface area (Å²) in [5.74, 6) is 0. The first-order chi connectivity index (χ1) is 8.02.